The topological polar surface area (TPSA) is 9.23 Å². The van der Waals surface area contributed by atoms with Crippen LogP contribution in [-0.2, 0) is 4.43 Å². The Balaban J connectivity index is 2.60. The van der Waals surface area contributed by atoms with Gasteiger partial charge in [-0.15, -0.1) is 0 Å². The average Bonchev–Trinajstić information content (AvgIpc) is 2.42. The molecule has 0 amide bonds. The van der Waals surface area contributed by atoms with Gasteiger partial charge in [-0.2, -0.15) is 0 Å². The molecular weight excluding hydrogens is 164 g/mol. The molecule has 1 aliphatic carbocycles. The van der Waals surface area contributed by atoms with Gasteiger partial charge in [0, 0.05) is 0 Å². The molecule has 1 aliphatic rings. The van der Waals surface area contributed by atoms with Gasteiger partial charge in [0.2, 0.25) is 0 Å². The molecule has 12 heavy (non-hydrogen) atoms. The Morgan fingerprint density at radius 3 is 1.83 bits per heavy atom. The van der Waals surface area contributed by atoms with Crippen molar-refractivity contribution in [3.05, 3.63) is 0 Å². The van der Waals surface area contributed by atoms with E-state index in [-0.39, 0.29) is 5.60 Å². The van der Waals surface area contributed by atoms with E-state index >= 15 is 0 Å². The van der Waals surface area contributed by atoms with Crippen LogP contribution >= 0.6 is 0 Å². The molecule has 0 atom stereocenters. The summed E-state index contributed by atoms with van der Waals surface area (Å²) in [6, 6.07) is 0. The zero-order valence-electron chi connectivity index (χ0n) is 9.32. The highest BCUT2D eigenvalue weighted by atomic mass is 28.4. The minimum absolute atomic E-state index is 0.253. The summed E-state index contributed by atoms with van der Waals surface area (Å²) >= 11 is 0. The molecule has 1 nitrogen and oxygen atoms in total. The van der Waals surface area contributed by atoms with Crippen LogP contribution in [-0.4, -0.2) is 13.9 Å². The summed E-state index contributed by atoms with van der Waals surface area (Å²) in [6.45, 7) is 13.8. The quantitative estimate of drug-likeness (QED) is 0.599. The molecule has 0 aromatic carbocycles. The van der Waals surface area contributed by atoms with Crippen molar-refractivity contribution < 1.29 is 4.43 Å². The Kier molecular flexibility index (Phi) is 2.21. The minimum atomic E-state index is -1.48. The molecule has 0 heterocycles. The van der Waals surface area contributed by atoms with Crippen molar-refractivity contribution in [2.75, 3.05) is 0 Å². The number of hydrogen-bond acceptors (Lipinski definition) is 1. The van der Waals surface area contributed by atoms with E-state index in [9.17, 15) is 0 Å². The lowest BCUT2D eigenvalue weighted by Gasteiger charge is -2.38. The fourth-order valence-corrected chi connectivity index (χ4v) is 2.79. The van der Waals surface area contributed by atoms with Gasteiger partial charge in [0.25, 0.3) is 0 Å². The maximum absolute atomic E-state index is 6.24. The smallest absolute Gasteiger partial charge is 0.192 e. The van der Waals surface area contributed by atoms with Gasteiger partial charge in [-0.3, -0.25) is 0 Å². The molecule has 0 spiro atoms. The molecule has 0 bridgehead atoms. The molecule has 1 fully saturated rings. The van der Waals surface area contributed by atoms with Gasteiger partial charge in [0.15, 0.2) is 8.32 Å². The van der Waals surface area contributed by atoms with E-state index in [0.29, 0.717) is 5.04 Å². The zero-order chi connectivity index (χ0) is 9.62. The highest BCUT2D eigenvalue weighted by Gasteiger charge is 2.48. The Morgan fingerprint density at radius 1 is 1.17 bits per heavy atom. The van der Waals surface area contributed by atoms with Gasteiger partial charge >= 0.3 is 0 Å². The number of rotatable bonds is 2. The van der Waals surface area contributed by atoms with Crippen LogP contribution in [0.25, 0.3) is 0 Å². The third-order valence-electron chi connectivity index (χ3n) is 3.26. The summed E-state index contributed by atoms with van der Waals surface area (Å²) in [4.78, 5) is 0. The Labute approximate surface area is 77.6 Å². The van der Waals surface area contributed by atoms with Crippen LogP contribution in [0.4, 0.5) is 0 Å². The molecule has 0 aliphatic heterocycles. The first kappa shape index (κ1) is 10.3. The first-order chi connectivity index (χ1) is 5.16. The van der Waals surface area contributed by atoms with E-state index in [0.717, 1.165) is 0 Å². The summed E-state index contributed by atoms with van der Waals surface area (Å²) in [5.74, 6) is 0. The van der Waals surface area contributed by atoms with Crippen molar-refractivity contribution in [3.63, 3.8) is 0 Å². The maximum atomic E-state index is 6.24. The molecule has 0 N–H and O–H groups in total. The molecule has 0 radical (unpaired) electrons. The lowest BCUT2D eigenvalue weighted by atomic mass is 10.2. The van der Waals surface area contributed by atoms with E-state index in [1.54, 1.807) is 0 Å². The van der Waals surface area contributed by atoms with Crippen molar-refractivity contribution in [2.24, 2.45) is 0 Å². The van der Waals surface area contributed by atoms with E-state index in [4.69, 9.17) is 4.43 Å². The molecule has 1 rings (SSSR count). The number of hydrogen-bond donors (Lipinski definition) is 0. The monoisotopic (exact) mass is 186 g/mol. The molecule has 2 heteroatoms. The summed E-state index contributed by atoms with van der Waals surface area (Å²) in [5.41, 5.74) is 0.253. The van der Waals surface area contributed by atoms with Gasteiger partial charge in [-0.1, -0.05) is 20.8 Å². The Bertz CT molecular complexity index is 175. The fourth-order valence-electron chi connectivity index (χ4n) is 1.05. The van der Waals surface area contributed by atoms with E-state index in [1.165, 1.54) is 12.8 Å². The summed E-state index contributed by atoms with van der Waals surface area (Å²) < 4.78 is 6.24. The predicted octanol–water partition coefficient (Wildman–Crippen LogP) is 3.56. The van der Waals surface area contributed by atoms with E-state index < -0.39 is 8.32 Å². The van der Waals surface area contributed by atoms with Crippen LogP contribution in [0.5, 0.6) is 0 Å². The van der Waals surface area contributed by atoms with Gasteiger partial charge < -0.3 is 4.43 Å². The molecule has 1 saturated carbocycles. The first-order valence-corrected chi connectivity index (χ1v) is 7.77. The van der Waals surface area contributed by atoms with Gasteiger partial charge in [-0.05, 0) is 37.9 Å². The van der Waals surface area contributed by atoms with E-state index in [1.807, 2.05) is 0 Å². The van der Waals surface area contributed by atoms with Crippen LogP contribution < -0.4 is 0 Å². The van der Waals surface area contributed by atoms with Crippen LogP contribution in [0, 0.1) is 0 Å². The third-order valence-corrected chi connectivity index (χ3v) is 7.88. The molecule has 0 saturated heterocycles. The third kappa shape index (κ3) is 2.11. The molecule has 0 aromatic heterocycles. The normalized spacial score (nSPS) is 22.5. The molecule has 72 valence electrons. The molecule has 0 unspecified atom stereocenters. The van der Waals surface area contributed by atoms with Crippen molar-refractivity contribution in [2.45, 2.75) is 64.3 Å². The van der Waals surface area contributed by atoms with Crippen molar-refractivity contribution >= 4 is 8.32 Å². The molecular formula is C10H22OSi. The van der Waals surface area contributed by atoms with Crippen molar-refractivity contribution in [1.29, 1.82) is 0 Å². The Hall–Kier alpha value is 0.177. The standard InChI is InChI=1S/C10H22OSi/c1-9(2,3)12(5,6)11-10(4)7-8-10/h7-8H2,1-6H3. The highest BCUT2D eigenvalue weighted by molar-refractivity contribution is 6.74. The van der Waals surface area contributed by atoms with Crippen molar-refractivity contribution in [3.8, 4) is 0 Å². The molecule has 0 aromatic rings. The maximum Gasteiger partial charge on any atom is 0.192 e. The van der Waals surface area contributed by atoms with Crippen LogP contribution in [0.2, 0.25) is 18.1 Å². The lowest BCUT2D eigenvalue weighted by molar-refractivity contribution is 0.178. The van der Waals surface area contributed by atoms with Crippen LogP contribution in [0.3, 0.4) is 0 Å². The fraction of sp³-hybridized carbons (Fsp3) is 1.00. The Morgan fingerprint density at radius 2 is 1.58 bits per heavy atom. The SMILES string of the molecule is CC1(O[Si](C)(C)C(C)(C)C)CC1. The average molecular weight is 186 g/mol. The minimum Gasteiger partial charge on any atom is -0.412 e. The van der Waals surface area contributed by atoms with E-state index in [2.05, 4.69) is 40.8 Å². The highest BCUT2D eigenvalue weighted by Crippen LogP contribution is 2.47. The zero-order valence-corrected chi connectivity index (χ0v) is 10.3. The second-order valence-corrected chi connectivity index (χ2v) is 10.5. The van der Waals surface area contributed by atoms with Crippen molar-refractivity contribution in [1.82, 2.24) is 0 Å². The van der Waals surface area contributed by atoms with Crippen LogP contribution in [0.1, 0.15) is 40.5 Å². The lowest BCUT2D eigenvalue weighted by Crippen LogP contribution is -2.43. The van der Waals surface area contributed by atoms with Gasteiger partial charge in [0.05, 0.1) is 5.60 Å². The second kappa shape index (κ2) is 2.58. The largest absolute Gasteiger partial charge is 0.412 e. The summed E-state index contributed by atoms with van der Waals surface area (Å²) in [7, 11) is -1.48. The summed E-state index contributed by atoms with van der Waals surface area (Å²) in [6.07, 6.45) is 2.53. The summed E-state index contributed by atoms with van der Waals surface area (Å²) in [5, 5.41) is 0.360. The first-order valence-electron chi connectivity index (χ1n) is 4.87. The van der Waals surface area contributed by atoms with Gasteiger partial charge in [0.1, 0.15) is 0 Å². The van der Waals surface area contributed by atoms with Crippen LogP contribution in [0.15, 0.2) is 0 Å². The van der Waals surface area contributed by atoms with Gasteiger partial charge in [-0.25, -0.2) is 0 Å². The second-order valence-electron chi connectivity index (χ2n) is 5.81. The predicted molar refractivity (Wildman–Crippen MR) is 55.9 cm³/mol.